The molecule has 1 aromatic heterocycles. The van der Waals surface area contributed by atoms with Crippen LogP contribution in [-0.4, -0.2) is 33.1 Å². The molecule has 1 aliphatic carbocycles. The van der Waals surface area contributed by atoms with E-state index in [9.17, 15) is 32.3 Å². The number of alkyl halides is 3. The first-order valence-corrected chi connectivity index (χ1v) is 11.2. The van der Waals surface area contributed by atoms with E-state index in [1.54, 1.807) is 23.1 Å². The van der Waals surface area contributed by atoms with Crippen molar-refractivity contribution in [1.82, 2.24) is 9.78 Å². The van der Waals surface area contributed by atoms with Crippen LogP contribution in [0.2, 0.25) is 0 Å². The van der Waals surface area contributed by atoms with Gasteiger partial charge in [0.2, 0.25) is 5.91 Å². The van der Waals surface area contributed by atoms with E-state index in [0.717, 1.165) is 18.6 Å². The van der Waals surface area contributed by atoms with E-state index in [2.05, 4.69) is 15.2 Å². The summed E-state index contributed by atoms with van der Waals surface area (Å²) in [5.41, 5.74) is -0.155. The highest BCUT2D eigenvalue weighted by Gasteiger charge is 2.53. The summed E-state index contributed by atoms with van der Waals surface area (Å²) in [4.78, 5) is 25.0. The van der Waals surface area contributed by atoms with Gasteiger partial charge in [0.1, 0.15) is 11.6 Å². The predicted molar refractivity (Wildman–Crippen MR) is 122 cm³/mol. The Hall–Kier alpha value is -3.89. The minimum Gasteiger partial charge on any atom is -0.478 e. The zero-order chi connectivity index (χ0) is 26.3. The maximum absolute atomic E-state index is 14.6. The number of aromatic nitrogens is 2. The molecule has 0 saturated heterocycles. The van der Waals surface area contributed by atoms with E-state index < -0.39 is 35.2 Å². The number of nitrogens with one attached hydrogen (secondary N) is 1. The number of carbonyl (C=O) groups is 2. The first kappa shape index (κ1) is 25.2. The number of benzene rings is 2. The van der Waals surface area contributed by atoms with Gasteiger partial charge in [0, 0.05) is 35.1 Å². The molecule has 7 nitrogen and oxygen atoms in total. The number of nitrogens with zero attached hydrogens (tertiary/aromatic N) is 2. The number of aromatic carboxylic acids is 1. The van der Waals surface area contributed by atoms with E-state index >= 15 is 0 Å². The van der Waals surface area contributed by atoms with E-state index in [1.165, 1.54) is 12.1 Å². The molecule has 1 saturated carbocycles. The molecule has 4 rings (SSSR count). The Morgan fingerprint density at radius 2 is 1.94 bits per heavy atom. The fourth-order valence-corrected chi connectivity index (χ4v) is 4.03. The van der Waals surface area contributed by atoms with Gasteiger partial charge in [-0.1, -0.05) is 19.1 Å². The third-order valence-electron chi connectivity index (χ3n) is 6.34. The summed E-state index contributed by atoms with van der Waals surface area (Å²) in [5, 5.41) is 16.7. The molecule has 2 aromatic carbocycles. The molecule has 1 atom stereocenters. The Morgan fingerprint density at radius 3 is 2.53 bits per heavy atom. The van der Waals surface area contributed by atoms with Crippen molar-refractivity contribution in [2.45, 2.75) is 50.9 Å². The van der Waals surface area contributed by atoms with Crippen LogP contribution in [0.4, 0.5) is 23.2 Å². The molecular weight excluding hydrogens is 482 g/mol. The van der Waals surface area contributed by atoms with Gasteiger partial charge >= 0.3 is 12.3 Å². The van der Waals surface area contributed by atoms with Crippen molar-refractivity contribution in [1.29, 1.82) is 0 Å². The predicted octanol–water partition coefficient (Wildman–Crippen LogP) is 5.93. The topological polar surface area (TPSA) is 93.5 Å². The van der Waals surface area contributed by atoms with Crippen molar-refractivity contribution in [3.05, 3.63) is 65.7 Å². The maximum Gasteiger partial charge on any atom is 0.573 e. The standard InChI is InChI=1S/C25H23F4N3O4/c1-3-14(2)32-13-15(12-30-32)18-6-4-16(10-19(18)22(33)34)31-23(35)24(8-9-24)20-7-5-17(11-21(20)26)36-25(27,28)29/h4-7,10-14H,3,8-9H2,1-2H3,(H,31,35)(H,33,34)/t14-/m1/s1. The fourth-order valence-electron chi connectivity index (χ4n) is 4.03. The lowest BCUT2D eigenvalue weighted by molar-refractivity contribution is -0.274. The highest BCUT2D eigenvalue weighted by atomic mass is 19.4. The van der Waals surface area contributed by atoms with Crippen LogP contribution in [-0.2, 0) is 10.2 Å². The lowest BCUT2D eigenvalue weighted by Crippen LogP contribution is -2.29. The van der Waals surface area contributed by atoms with E-state index in [0.29, 0.717) is 17.2 Å². The highest BCUT2D eigenvalue weighted by Crippen LogP contribution is 2.50. The van der Waals surface area contributed by atoms with Gasteiger partial charge in [0.25, 0.3) is 0 Å². The average molecular weight is 505 g/mol. The number of anilines is 1. The van der Waals surface area contributed by atoms with Gasteiger partial charge in [0.15, 0.2) is 0 Å². The molecule has 0 unspecified atom stereocenters. The monoisotopic (exact) mass is 505 g/mol. The third kappa shape index (κ3) is 5.05. The van der Waals surface area contributed by atoms with Crippen LogP contribution in [0, 0.1) is 5.82 Å². The Morgan fingerprint density at radius 1 is 1.22 bits per heavy atom. The number of carboxylic acids is 1. The normalized spacial score (nSPS) is 15.3. The summed E-state index contributed by atoms with van der Waals surface area (Å²) in [7, 11) is 0. The molecule has 0 radical (unpaired) electrons. The second kappa shape index (κ2) is 9.29. The van der Waals surface area contributed by atoms with Gasteiger partial charge in [0.05, 0.1) is 17.2 Å². The summed E-state index contributed by atoms with van der Waals surface area (Å²) >= 11 is 0. The van der Waals surface area contributed by atoms with Gasteiger partial charge in [-0.25, -0.2) is 9.18 Å². The number of rotatable bonds is 8. The van der Waals surface area contributed by atoms with Crippen molar-refractivity contribution in [2.24, 2.45) is 0 Å². The molecule has 1 aliphatic rings. The van der Waals surface area contributed by atoms with Crippen molar-refractivity contribution >= 4 is 17.6 Å². The van der Waals surface area contributed by atoms with Gasteiger partial charge in [-0.2, -0.15) is 5.10 Å². The quantitative estimate of drug-likeness (QED) is 0.371. The summed E-state index contributed by atoms with van der Waals surface area (Å²) in [6, 6.07) is 7.18. The molecule has 1 fully saturated rings. The zero-order valence-electron chi connectivity index (χ0n) is 19.4. The maximum atomic E-state index is 14.6. The molecule has 11 heteroatoms. The molecule has 0 aliphatic heterocycles. The molecule has 36 heavy (non-hydrogen) atoms. The second-order valence-corrected chi connectivity index (χ2v) is 8.76. The molecule has 2 N–H and O–H groups in total. The molecular formula is C25H23F4N3O4. The highest BCUT2D eigenvalue weighted by molar-refractivity contribution is 6.03. The molecule has 190 valence electrons. The van der Waals surface area contributed by atoms with Crippen molar-refractivity contribution < 1.29 is 37.0 Å². The Bertz CT molecular complexity index is 1310. The van der Waals surface area contributed by atoms with Crippen LogP contribution < -0.4 is 10.1 Å². The van der Waals surface area contributed by atoms with Gasteiger partial charge in [-0.05, 0) is 49.9 Å². The Labute approximate surface area is 203 Å². The molecule has 1 amide bonds. The van der Waals surface area contributed by atoms with E-state index in [-0.39, 0.29) is 35.7 Å². The summed E-state index contributed by atoms with van der Waals surface area (Å²) in [6.07, 6.45) is -0.230. The summed E-state index contributed by atoms with van der Waals surface area (Å²) in [5.74, 6) is -3.51. The number of carbonyl (C=O) groups excluding carboxylic acids is 1. The number of hydrogen-bond acceptors (Lipinski definition) is 4. The third-order valence-corrected chi connectivity index (χ3v) is 6.34. The number of hydrogen-bond donors (Lipinski definition) is 2. The SMILES string of the molecule is CC[C@@H](C)n1cc(-c2ccc(NC(=O)C3(c4ccc(OC(F)(F)F)cc4F)CC3)cc2C(=O)O)cn1. The van der Waals surface area contributed by atoms with Gasteiger partial charge in [-0.3, -0.25) is 9.48 Å². The van der Waals surface area contributed by atoms with E-state index in [4.69, 9.17) is 0 Å². The van der Waals surface area contributed by atoms with Crippen LogP contribution >= 0.6 is 0 Å². The van der Waals surface area contributed by atoms with Crippen LogP contribution in [0.3, 0.4) is 0 Å². The summed E-state index contributed by atoms with van der Waals surface area (Å²) in [6.45, 7) is 4.00. The van der Waals surface area contributed by atoms with Crippen LogP contribution in [0.15, 0.2) is 48.8 Å². The number of ether oxygens (including phenoxy) is 1. The first-order chi connectivity index (χ1) is 16.9. The minimum absolute atomic E-state index is 0.0536. The Balaban J connectivity index is 1.57. The first-order valence-electron chi connectivity index (χ1n) is 11.2. The van der Waals surface area contributed by atoms with Crippen LogP contribution in [0.5, 0.6) is 5.75 Å². The fraction of sp³-hybridized carbons (Fsp3) is 0.320. The van der Waals surface area contributed by atoms with Crippen molar-refractivity contribution in [3.63, 3.8) is 0 Å². The van der Waals surface area contributed by atoms with Crippen molar-refractivity contribution in [2.75, 3.05) is 5.32 Å². The second-order valence-electron chi connectivity index (χ2n) is 8.76. The van der Waals surface area contributed by atoms with Crippen LogP contribution in [0.1, 0.15) is 55.1 Å². The lowest BCUT2D eigenvalue weighted by Gasteiger charge is -2.18. The Kier molecular flexibility index (Phi) is 6.50. The smallest absolute Gasteiger partial charge is 0.478 e. The van der Waals surface area contributed by atoms with Gasteiger partial charge in [-0.15, -0.1) is 13.2 Å². The number of amides is 1. The van der Waals surface area contributed by atoms with Crippen molar-refractivity contribution in [3.8, 4) is 16.9 Å². The van der Waals surface area contributed by atoms with Crippen LogP contribution in [0.25, 0.3) is 11.1 Å². The molecule has 1 heterocycles. The molecule has 0 spiro atoms. The number of halogens is 4. The largest absolute Gasteiger partial charge is 0.573 e. The zero-order valence-corrected chi connectivity index (χ0v) is 19.4. The number of carboxylic acid groups (broad SMARTS) is 1. The summed E-state index contributed by atoms with van der Waals surface area (Å²) < 4.78 is 57.4. The minimum atomic E-state index is -4.97. The lowest BCUT2D eigenvalue weighted by atomic mass is 9.94. The van der Waals surface area contributed by atoms with Gasteiger partial charge < -0.3 is 15.2 Å². The average Bonchev–Trinajstić information content (AvgIpc) is 3.46. The van der Waals surface area contributed by atoms with E-state index in [1.807, 2.05) is 13.8 Å². The molecule has 0 bridgehead atoms. The molecule has 3 aromatic rings.